The van der Waals surface area contributed by atoms with E-state index < -0.39 is 12.3 Å². The van der Waals surface area contributed by atoms with E-state index >= 15 is 0 Å². The maximum absolute atomic E-state index is 13.8. The van der Waals surface area contributed by atoms with Crippen molar-refractivity contribution in [3.63, 3.8) is 0 Å². The highest BCUT2D eigenvalue weighted by atomic mass is 19.3. The van der Waals surface area contributed by atoms with E-state index in [-0.39, 0.29) is 34.7 Å². The van der Waals surface area contributed by atoms with Crippen LogP contribution in [0.15, 0.2) is 65.4 Å². The van der Waals surface area contributed by atoms with Gasteiger partial charge in [-0.2, -0.15) is 10.2 Å². The average Bonchev–Trinajstić information content (AvgIpc) is 3.57. The van der Waals surface area contributed by atoms with Crippen LogP contribution in [-0.4, -0.2) is 30.5 Å². The van der Waals surface area contributed by atoms with Crippen LogP contribution in [0, 0.1) is 12.7 Å². The van der Waals surface area contributed by atoms with Crippen LogP contribution in [-0.2, 0) is 17.9 Å². The molecule has 1 amide bonds. The molecule has 0 bridgehead atoms. The first kappa shape index (κ1) is 22.4. The summed E-state index contributed by atoms with van der Waals surface area (Å²) in [6.45, 7) is 1.73. The van der Waals surface area contributed by atoms with Gasteiger partial charge >= 0.3 is 0 Å². The largest absolute Gasteiger partial charge is 0.463 e. The second-order valence-corrected chi connectivity index (χ2v) is 7.89. The van der Waals surface area contributed by atoms with Crippen LogP contribution >= 0.6 is 0 Å². The van der Waals surface area contributed by atoms with E-state index in [4.69, 9.17) is 4.42 Å². The number of halogens is 3. The third-order valence-electron chi connectivity index (χ3n) is 5.38. The molecule has 1 N–H and O–H groups in total. The van der Waals surface area contributed by atoms with E-state index in [9.17, 15) is 18.0 Å². The van der Waals surface area contributed by atoms with Gasteiger partial charge in [0.1, 0.15) is 18.1 Å². The van der Waals surface area contributed by atoms with Crippen molar-refractivity contribution < 1.29 is 22.4 Å². The Bertz CT molecular complexity index is 1490. The highest BCUT2D eigenvalue weighted by molar-refractivity contribution is 5.91. The van der Waals surface area contributed by atoms with E-state index in [1.807, 2.05) is 0 Å². The van der Waals surface area contributed by atoms with E-state index in [1.54, 1.807) is 48.1 Å². The maximum atomic E-state index is 13.8. The Balaban J connectivity index is 1.37. The lowest BCUT2D eigenvalue weighted by Gasteiger charge is -2.07. The molecule has 4 heterocycles. The zero-order valence-electron chi connectivity index (χ0n) is 18.5. The average molecular weight is 480 g/mol. The minimum atomic E-state index is -2.76. The van der Waals surface area contributed by atoms with Gasteiger partial charge < -0.3 is 9.73 Å². The van der Waals surface area contributed by atoms with E-state index in [0.717, 1.165) is 5.56 Å². The number of nitrogens with one attached hydrogen (secondary N) is 1. The number of nitrogens with zero attached hydrogens (tertiary/aromatic N) is 5. The molecule has 0 saturated carbocycles. The van der Waals surface area contributed by atoms with Crippen molar-refractivity contribution in [2.75, 3.05) is 5.32 Å². The topological polar surface area (TPSA) is 90.8 Å². The van der Waals surface area contributed by atoms with Gasteiger partial charge in [0.25, 0.3) is 6.43 Å². The molecule has 4 aromatic heterocycles. The lowest BCUT2D eigenvalue weighted by atomic mass is 10.1. The number of aromatic nitrogens is 5. The monoisotopic (exact) mass is 480 g/mol. The molecule has 0 aliphatic rings. The first-order valence-electron chi connectivity index (χ1n) is 10.6. The van der Waals surface area contributed by atoms with Crippen molar-refractivity contribution >= 4 is 22.8 Å². The quantitative estimate of drug-likeness (QED) is 0.356. The molecular formula is C24H19F3N6O2. The van der Waals surface area contributed by atoms with Gasteiger partial charge in [0, 0.05) is 17.8 Å². The van der Waals surface area contributed by atoms with Crippen molar-refractivity contribution in [3.8, 4) is 11.5 Å². The molecule has 0 radical (unpaired) electrons. The normalized spacial score (nSPS) is 11.5. The van der Waals surface area contributed by atoms with Crippen LogP contribution in [0.4, 0.5) is 19.0 Å². The van der Waals surface area contributed by atoms with E-state index in [2.05, 4.69) is 20.5 Å². The van der Waals surface area contributed by atoms with Crippen LogP contribution in [0.3, 0.4) is 0 Å². The Morgan fingerprint density at radius 2 is 1.94 bits per heavy atom. The molecule has 11 heteroatoms. The van der Waals surface area contributed by atoms with Crippen LogP contribution in [0.5, 0.6) is 0 Å². The van der Waals surface area contributed by atoms with E-state index in [1.165, 1.54) is 29.1 Å². The predicted octanol–water partition coefficient (Wildman–Crippen LogP) is 4.96. The fourth-order valence-corrected chi connectivity index (χ4v) is 3.83. The highest BCUT2D eigenvalue weighted by Gasteiger charge is 2.22. The van der Waals surface area contributed by atoms with Gasteiger partial charge in [-0.25, -0.2) is 22.8 Å². The Morgan fingerprint density at radius 1 is 1.14 bits per heavy atom. The van der Waals surface area contributed by atoms with Crippen molar-refractivity contribution in [3.05, 3.63) is 83.6 Å². The molecular weight excluding hydrogens is 461 g/mol. The number of carbonyl (C=O) groups excluding carboxylic acids is 1. The number of furan rings is 1. The molecule has 35 heavy (non-hydrogen) atoms. The minimum absolute atomic E-state index is 0.156. The highest BCUT2D eigenvalue weighted by Crippen LogP contribution is 2.33. The van der Waals surface area contributed by atoms with Gasteiger partial charge in [-0.1, -0.05) is 12.1 Å². The third-order valence-corrected chi connectivity index (χ3v) is 5.38. The second-order valence-electron chi connectivity index (χ2n) is 7.89. The summed E-state index contributed by atoms with van der Waals surface area (Å²) in [5.74, 6) is -0.140. The van der Waals surface area contributed by atoms with Crippen molar-refractivity contribution in [2.45, 2.75) is 26.4 Å². The molecule has 0 atom stereocenters. The molecule has 0 fully saturated rings. The van der Waals surface area contributed by atoms with Crippen LogP contribution < -0.4 is 5.32 Å². The maximum Gasteiger partial charge on any atom is 0.264 e. The van der Waals surface area contributed by atoms with Crippen LogP contribution in [0.1, 0.15) is 23.2 Å². The van der Waals surface area contributed by atoms with Crippen molar-refractivity contribution in [2.24, 2.45) is 0 Å². The summed E-state index contributed by atoms with van der Waals surface area (Å²) in [6, 6.07) is 12.2. The van der Waals surface area contributed by atoms with Gasteiger partial charge in [0.05, 0.1) is 23.9 Å². The second kappa shape index (κ2) is 9.09. The molecule has 5 rings (SSSR count). The number of aryl methyl sites for hydroxylation is 1. The number of hydrogen-bond acceptors (Lipinski definition) is 5. The van der Waals surface area contributed by atoms with E-state index in [0.29, 0.717) is 23.8 Å². The summed E-state index contributed by atoms with van der Waals surface area (Å²) in [4.78, 5) is 17.2. The zero-order valence-corrected chi connectivity index (χ0v) is 18.5. The van der Waals surface area contributed by atoms with Crippen molar-refractivity contribution in [1.82, 2.24) is 24.5 Å². The molecule has 8 nitrogen and oxygen atoms in total. The van der Waals surface area contributed by atoms with Crippen molar-refractivity contribution in [1.29, 1.82) is 0 Å². The lowest BCUT2D eigenvalue weighted by molar-refractivity contribution is -0.116. The number of alkyl halides is 2. The first-order valence-corrected chi connectivity index (χ1v) is 10.6. The molecule has 0 saturated heterocycles. The number of amides is 1. The van der Waals surface area contributed by atoms with Gasteiger partial charge in [-0.3, -0.25) is 9.48 Å². The smallest absolute Gasteiger partial charge is 0.264 e. The molecule has 0 aliphatic heterocycles. The fraction of sp³-hybridized carbons (Fsp3) is 0.167. The zero-order chi connectivity index (χ0) is 24.5. The summed E-state index contributed by atoms with van der Waals surface area (Å²) in [5, 5.41) is 11.4. The Labute approximate surface area is 197 Å². The molecule has 0 unspecified atom stereocenters. The number of anilines is 1. The fourth-order valence-electron chi connectivity index (χ4n) is 3.83. The lowest BCUT2D eigenvalue weighted by Crippen LogP contribution is -2.20. The molecule has 0 aliphatic carbocycles. The number of benzene rings is 1. The number of hydrogen-bond donors (Lipinski definition) is 1. The summed E-state index contributed by atoms with van der Waals surface area (Å²) in [5.41, 5.74) is 1.33. The van der Waals surface area contributed by atoms with Gasteiger partial charge in [0.2, 0.25) is 5.91 Å². The predicted molar refractivity (Wildman–Crippen MR) is 121 cm³/mol. The first-order chi connectivity index (χ1) is 16.9. The summed E-state index contributed by atoms with van der Waals surface area (Å²) in [6.07, 6.45) is 0.344. The Hall–Kier alpha value is -4.41. The number of fused-ring (bicyclic) bond motifs is 1. The third kappa shape index (κ3) is 4.65. The van der Waals surface area contributed by atoms with Gasteiger partial charge in [-0.15, -0.1) is 0 Å². The SMILES string of the molecule is Cc1nn(CC(=O)Nc2ccn(Cc3ccc(F)cc3)n2)c2nc(-c3ccco3)cc(C(F)F)c12. The molecule has 0 spiro atoms. The number of pyridine rings is 1. The number of carbonyl (C=O) groups is 1. The summed E-state index contributed by atoms with van der Waals surface area (Å²) in [7, 11) is 0. The Morgan fingerprint density at radius 3 is 2.66 bits per heavy atom. The van der Waals surface area contributed by atoms with Crippen LogP contribution in [0.25, 0.3) is 22.5 Å². The molecule has 1 aromatic carbocycles. The summed E-state index contributed by atoms with van der Waals surface area (Å²) >= 11 is 0. The Kier molecular flexibility index (Phi) is 5.81. The van der Waals surface area contributed by atoms with Gasteiger partial charge in [-0.05, 0) is 42.8 Å². The number of rotatable bonds is 7. The molecule has 5 aromatic rings. The van der Waals surface area contributed by atoms with Crippen LogP contribution in [0.2, 0.25) is 0 Å². The minimum Gasteiger partial charge on any atom is -0.463 e. The summed E-state index contributed by atoms with van der Waals surface area (Å²) < 4.78 is 48.9. The van der Waals surface area contributed by atoms with Gasteiger partial charge in [0.15, 0.2) is 17.2 Å². The standard InChI is InChI=1S/C24H19F3N6O2/c1-14-22-17(23(26)27)11-18(19-3-2-10-35-19)28-24(22)33(30-14)13-21(34)29-20-8-9-32(31-20)12-15-4-6-16(25)7-5-15/h2-11,23H,12-13H2,1H3,(H,29,31,34). The molecule has 178 valence electrons.